The molecule has 0 spiro atoms. The average molecular weight is 443 g/mol. The van der Waals surface area contributed by atoms with E-state index in [1.807, 2.05) is 0 Å². The van der Waals surface area contributed by atoms with Crippen LogP contribution in [0, 0.1) is 10.1 Å². The Balaban J connectivity index is 2.47. The van der Waals surface area contributed by atoms with Crippen LogP contribution in [0.2, 0.25) is 0 Å². The minimum absolute atomic E-state index is 0.142. The highest BCUT2D eigenvalue weighted by Crippen LogP contribution is 2.27. The first-order valence-electron chi connectivity index (χ1n) is 7.30. The quantitative estimate of drug-likeness (QED) is 0.370. The largest absolute Gasteiger partial charge is 0.468 e. The van der Waals surface area contributed by atoms with Gasteiger partial charge in [-0.1, -0.05) is 40.2 Å². The van der Waals surface area contributed by atoms with Crippen molar-refractivity contribution >= 4 is 37.6 Å². The van der Waals surface area contributed by atoms with Crippen molar-refractivity contribution in [2.45, 2.75) is 11.4 Å². The topological polar surface area (TPSA) is 107 Å². The van der Waals surface area contributed by atoms with Crippen LogP contribution < -0.4 is 0 Å². The van der Waals surface area contributed by atoms with Crippen LogP contribution in [0.4, 0.5) is 5.69 Å². The van der Waals surface area contributed by atoms with Gasteiger partial charge in [0.2, 0.25) is 0 Å². The van der Waals surface area contributed by atoms with Gasteiger partial charge in [-0.2, -0.15) is 4.31 Å². The van der Waals surface area contributed by atoms with Crippen molar-refractivity contribution in [1.29, 1.82) is 0 Å². The molecule has 0 fully saturated rings. The molecule has 0 radical (unpaired) electrons. The van der Waals surface area contributed by atoms with Crippen molar-refractivity contribution in [3.8, 4) is 0 Å². The highest BCUT2D eigenvalue weighted by molar-refractivity contribution is 9.10. The van der Waals surface area contributed by atoms with E-state index in [-0.39, 0.29) is 6.54 Å². The van der Waals surface area contributed by atoms with Gasteiger partial charge in [-0.05, 0) is 23.8 Å². The van der Waals surface area contributed by atoms with Crippen molar-refractivity contribution in [3.05, 3.63) is 68.7 Å². The fraction of sp³-hybridized carbons (Fsp3) is 0.188. The zero-order valence-corrected chi connectivity index (χ0v) is 16.1. The lowest BCUT2D eigenvalue weighted by Gasteiger charge is -2.21. The van der Waals surface area contributed by atoms with Crippen LogP contribution >= 0.6 is 15.9 Å². The molecule has 2 rings (SSSR count). The maximum atomic E-state index is 13.0. The van der Waals surface area contributed by atoms with Crippen LogP contribution in [-0.4, -0.2) is 37.3 Å². The van der Waals surface area contributed by atoms with Gasteiger partial charge in [-0.25, -0.2) is 8.42 Å². The molecule has 10 heteroatoms. The number of rotatable bonds is 7. The molecule has 2 aromatic carbocycles. The summed E-state index contributed by atoms with van der Waals surface area (Å²) in [5, 5.41) is 11.2. The Hall–Kier alpha value is -2.30. The molecule has 0 unspecified atom stereocenters. The van der Waals surface area contributed by atoms with Gasteiger partial charge in [0.1, 0.15) is 6.54 Å². The SMILES string of the molecule is COC(=O)CN(Cc1ccc(Br)cc1)S(=O)(=O)c1ccccc1[N+](=O)[O-]. The first-order valence-corrected chi connectivity index (χ1v) is 9.54. The number of benzene rings is 2. The number of carbonyl (C=O) groups excluding carboxylic acids is 1. The number of hydrogen-bond donors (Lipinski definition) is 0. The standard InChI is InChI=1S/C16H15BrN2O6S/c1-25-16(20)11-18(10-12-6-8-13(17)9-7-12)26(23,24)15-5-3-2-4-14(15)19(21)22/h2-9H,10-11H2,1H3. The Morgan fingerprint density at radius 3 is 2.38 bits per heavy atom. The second-order valence-corrected chi connectivity index (χ2v) is 8.02. The molecule has 0 heterocycles. The molecule has 0 amide bonds. The van der Waals surface area contributed by atoms with Crippen molar-refractivity contribution in [3.63, 3.8) is 0 Å². The summed E-state index contributed by atoms with van der Waals surface area (Å²) >= 11 is 3.28. The lowest BCUT2D eigenvalue weighted by molar-refractivity contribution is -0.387. The summed E-state index contributed by atoms with van der Waals surface area (Å²) in [7, 11) is -3.17. The molecule has 0 saturated heterocycles. The van der Waals surface area contributed by atoms with Crippen LogP contribution in [-0.2, 0) is 26.1 Å². The number of ether oxygens (including phenoxy) is 1. The summed E-state index contributed by atoms with van der Waals surface area (Å²) in [6.45, 7) is -0.711. The van der Waals surface area contributed by atoms with Gasteiger partial charge in [0.25, 0.3) is 15.7 Å². The summed E-state index contributed by atoms with van der Waals surface area (Å²) in [6.07, 6.45) is 0. The molecule has 0 N–H and O–H groups in total. The second-order valence-electron chi connectivity index (χ2n) is 5.20. The summed E-state index contributed by atoms with van der Waals surface area (Å²) in [5.41, 5.74) is 0.0532. The highest BCUT2D eigenvalue weighted by Gasteiger charge is 2.33. The molecule has 0 aromatic heterocycles. The molecule has 0 aliphatic rings. The third-order valence-electron chi connectivity index (χ3n) is 3.49. The van der Waals surface area contributed by atoms with Crippen LogP contribution in [0.25, 0.3) is 0 Å². The molecule has 0 aliphatic carbocycles. The predicted molar refractivity (Wildman–Crippen MR) is 96.9 cm³/mol. The monoisotopic (exact) mass is 442 g/mol. The third kappa shape index (κ3) is 4.65. The highest BCUT2D eigenvalue weighted by atomic mass is 79.9. The summed E-state index contributed by atoms with van der Waals surface area (Å²) < 4.78 is 32.2. The maximum Gasteiger partial charge on any atom is 0.321 e. The smallest absolute Gasteiger partial charge is 0.321 e. The van der Waals surface area contributed by atoms with E-state index in [9.17, 15) is 23.3 Å². The summed E-state index contributed by atoms with van der Waals surface area (Å²) in [5.74, 6) is -0.774. The number of halogens is 1. The molecule has 0 atom stereocenters. The number of nitrogens with zero attached hydrogens (tertiary/aromatic N) is 2. The minimum atomic E-state index is -4.31. The van der Waals surface area contributed by atoms with E-state index in [1.54, 1.807) is 24.3 Å². The van der Waals surface area contributed by atoms with Crippen molar-refractivity contribution in [2.75, 3.05) is 13.7 Å². The Kier molecular flexibility index (Phi) is 6.46. The molecule has 26 heavy (non-hydrogen) atoms. The molecule has 0 aliphatic heterocycles. The normalized spacial score (nSPS) is 11.3. The summed E-state index contributed by atoms with van der Waals surface area (Å²) in [4.78, 5) is 21.6. The van der Waals surface area contributed by atoms with Gasteiger partial charge < -0.3 is 4.74 Å². The lowest BCUT2D eigenvalue weighted by Crippen LogP contribution is -2.36. The van der Waals surface area contributed by atoms with Gasteiger partial charge in [-0.15, -0.1) is 0 Å². The van der Waals surface area contributed by atoms with E-state index in [2.05, 4.69) is 20.7 Å². The number of sulfonamides is 1. The lowest BCUT2D eigenvalue weighted by atomic mass is 10.2. The molecular weight excluding hydrogens is 428 g/mol. The Bertz CT molecular complexity index is 915. The average Bonchev–Trinajstić information content (AvgIpc) is 2.62. The van der Waals surface area contributed by atoms with Gasteiger partial charge in [-0.3, -0.25) is 14.9 Å². The van der Waals surface area contributed by atoms with Crippen LogP contribution in [0.15, 0.2) is 57.9 Å². The third-order valence-corrected chi connectivity index (χ3v) is 5.85. The molecule has 2 aromatic rings. The van der Waals surface area contributed by atoms with Crippen molar-refractivity contribution < 1.29 is 22.9 Å². The fourth-order valence-corrected chi connectivity index (χ4v) is 3.99. The van der Waals surface area contributed by atoms with E-state index in [0.717, 1.165) is 28.0 Å². The van der Waals surface area contributed by atoms with Crippen LogP contribution in [0.3, 0.4) is 0 Å². The molecule has 0 bridgehead atoms. The Morgan fingerprint density at radius 1 is 1.19 bits per heavy atom. The number of carbonyl (C=O) groups is 1. The molecule has 138 valence electrons. The van der Waals surface area contributed by atoms with E-state index in [0.29, 0.717) is 5.56 Å². The van der Waals surface area contributed by atoms with Gasteiger partial charge >= 0.3 is 5.97 Å². The van der Waals surface area contributed by atoms with Gasteiger partial charge in [0, 0.05) is 17.1 Å². The van der Waals surface area contributed by atoms with E-state index >= 15 is 0 Å². The van der Waals surface area contributed by atoms with Crippen molar-refractivity contribution in [1.82, 2.24) is 4.31 Å². The van der Waals surface area contributed by atoms with Gasteiger partial charge in [0.15, 0.2) is 4.90 Å². The molecule has 0 saturated carbocycles. The van der Waals surface area contributed by atoms with Crippen LogP contribution in [0.5, 0.6) is 0 Å². The minimum Gasteiger partial charge on any atom is -0.468 e. The number of hydrogen-bond acceptors (Lipinski definition) is 6. The zero-order valence-electron chi connectivity index (χ0n) is 13.7. The number of methoxy groups -OCH3 is 1. The first-order chi connectivity index (χ1) is 12.3. The molecular formula is C16H15BrN2O6S. The number of nitro benzene ring substituents is 1. The first kappa shape index (κ1) is 20.0. The number of esters is 1. The molecule has 8 nitrogen and oxygen atoms in total. The van der Waals surface area contributed by atoms with E-state index < -0.39 is 38.0 Å². The summed E-state index contributed by atoms with van der Waals surface area (Å²) in [6, 6.07) is 11.8. The predicted octanol–water partition coefficient (Wildman–Crippen LogP) is 2.72. The van der Waals surface area contributed by atoms with Crippen molar-refractivity contribution in [2.24, 2.45) is 0 Å². The maximum absolute atomic E-state index is 13.0. The van der Waals surface area contributed by atoms with E-state index in [1.165, 1.54) is 12.1 Å². The van der Waals surface area contributed by atoms with Gasteiger partial charge in [0.05, 0.1) is 12.0 Å². The zero-order chi connectivity index (χ0) is 19.3. The van der Waals surface area contributed by atoms with E-state index in [4.69, 9.17) is 0 Å². The second kappa shape index (κ2) is 8.39. The number of para-hydroxylation sites is 1. The Morgan fingerprint density at radius 2 is 1.81 bits per heavy atom. The number of nitro groups is 1. The fourth-order valence-electron chi connectivity index (χ4n) is 2.19. The van der Waals surface area contributed by atoms with Crippen LogP contribution in [0.1, 0.15) is 5.56 Å². The Labute approximate surface area is 158 Å².